The van der Waals surface area contributed by atoms with Gasteiger partial charge in [0.2, 0.25) is 0 Å². The molecular weight excluding hydrogens is 184 g/mol. The highest BCUT2D eigenvalue weighted by Gasteiger charge is 2.32. The van der Waals surface area contributed by atoms with Crippen LogP contribution < -0.4 is 0 Å². The molecule has 2 N–H and O–H groups in total. The lowest BCUT2D eigenvalue weighted by molar-refractivity contribution is -0.157. The summed E-state index contributed by atoms with van der Waals surface area (Å²) in [6.45, 7) is 7.60. The molecule has 0 saturated carbocycles. The van der Waals surface area contributed by atoms with Crippen LogP contribution in [0, 0.1) is 11.8 Å². The smallest absolute Gasteiger partial charge is 0.318 e. The second kappa shape index (κ2) is 8.53. The van der Waals surface area contributed by atoms with E-state index < -0.39 is 17.9 Å². The maximum absolute atomic E-state index is 10.5. The minimum Gasteiger partial charge on any atom is -0.481 e. The van der Waals surface area contributed by atoms with Crippen molar-refractivity contribution in [2.45, 2.75) is 40.5 Å². The summed E-state index contributed by atoms with van der Waals surface area (Å²) in [5, 5.41) is 17.2. The molecule has 0 radical (unpaired) electrons. The van der Waals surface area contributed by atoms with E-state index in [1.54, 1.807) is 13.8 Å². The van der Waals surface area contributed by atoms with Crippen molar-refractivity contribution in [2.75, 3.05) is 0 Å². The summed E-state index contributed by atoms with van der Waals surface area (Å²) in [5.41, 5.74) is 0. The quantitative estimate of drug-likeness (QED) is 0.673. The van der Waals surface area contributed by atoms with Crippen molar-refractivity contribution in [1.29, 1.82) is 0 Å². The van der Waals surface area contributed by atoms with Gasteiger partial charge in [-0.05, 0) is 5.92 Å². The average molecular weight is 204 g/mol. The van der Waals surface area contributed by atoms with E-state index in [1.807, 2.05) is 13.8 Å². The lowest BCUT2D eigenvalue weighted by atomic mass is 9.88. The largest absolute Gasteiger partial charge is 0.481 e. The molecule has 0 aliphatic carbocycles. The summed E-state index contributed by atoms with van der Waals surface area (Å²) in [6, 6.07) is 0. The number of rotatable bonds is 5. The highest BCUT2D eigenvalue weighted by atomic mass is 16.4. The van der Waals surface area contributed by atoms with Gasteiger partial charge in [0.25, 0.3) is 0 Å². The lowest BCUT2D eigenvalue weighted by Gasteiger charge is -2.16. The molecule has 0 bridgehead atoms. The third kappa shape index (κ3) is 4.84. The summed E-state index contributed by atoms with van der Waals surface area (Å²) in [7, 11) is 0. The Morgan fingerprint density at radius 3 is 1.36 bits per heavy atom. The van der Waals surface area contributed by atoms with Crippen molar-refractivity contribution < 1.29 is 19.8 Å². The molecule has 0 saturated heterocycles. The minimum atomic E-state index is -1.25. The van der Waals surface area contributed by atoms with Crippen molar-refractivity contribution in [3.8, 4) is 0 Å². The average Bonchev–Trinajstić information content (AvgIpc) is 2.15. The van der Waals surface area contributed by atoms with E-state index in [1.165, 1.54) is 0 Å². The van der Waals surface area contributed by atoms with Crippen LogP contribution in [0.25, 0.3) is 0 Å². The second-order valence-electron chi connectivity index (χ2n) is 2.73. The molecule has 0 aromatic carbocycles. The van der Waals surface area contributed by atoms with E-state index in [0.717, 1.165) is 0 Å². The van der Waals surface area contributed by atoms with E-state index in [2.05, 4.69) is 0 Å². The van der Waals surface area contributed by atoms with Crippen LogP contribution >= 0.6 is 0 Å². The summed E-state index contributed by atoms with van der Waals surface area (Å²) in [4.78, 5) is 21.0. The molecule has 0 aromatic heterocycles. The monoisotopic (exact) mass is 204 g/mol. The Hall–Kier alpha value is -1.06. The van der Waals surface area contributed by atoms with Crippen molar-refractivity contribution in [1.82, 2.24) is 0 Å². The molecule has 0 fully saturated rings. The maximum Gasteiger partial charge on any atom is 0.318 e. The van der Waals surface area contributed by atoms with Gasteiger partial charge in [-0.25, -0.2) is 0 Å². The molecule has 0 aliphatic heterocycles. The van der Waals surface area contributed by atoms with Gasteiger partial charge in [-0.2, -0.15) is 0 Å². The highest BCUT2D eigenvalue weighted by Crippen LogP contribution is 2.19. The Bertz CT molecular complexity index is 159. The van der Waals surface area contributed by atoms with Crippen LogP contribution in [-0.2, 0) is 9.59 Å². The first-order chi connectivity index (χ1) is 6.54. The van der Waals surface area contributed by atoms with Crippen LogP contribution in [0.5, 0.6) is 0 Å². The number of carboxylic acids is 2. The van der Waals surface area contributed by atoms with Crippen molar-refractivity contribution >= 4 is 11.9 Å². The Labute approximate surface area is 84.9 Å². The molecule has 0 unspecified atom stereocenters. The van der Waals surface area contributed by atoms with Crippen LogP contribution in [0.1, 0.15) is 40.5 Å². The van der Waals surface area contributed by atoms with Gasteiger partial charge in [0, 0.05) is 0 Å². The summed E-state index contributed by atoms with van der Waals surface area (Å²) in [6.07, 6.45) is 1.17. The third-order valence-electron chi connectivity index (χ3n) is 2.05. The molecule has 0 aromatic rings. The minimum absolute atomic E-state index is 0.264. The molecule has 0 amide bonds. The number of carbonyl (C=O) groups is 2. The number of hydrogen-bond acceptors (Lipinski definition) is 2. The van der Waals surface area contributed by atoms with Crippen molar-refractivity contribution in [3.05, 3.63) is 0 Å². The normalized spacial score (nSPS) is 9.57. The zero-order valence-electron chi connectivity index (χ0n) is 9.28. The van der Waals surface area contributed by atoms with Gasteiger partial charge in [-0.3, -0.25) is 9.59 Å². The van der Waals surface area contributed by atoms with Gasteiger partial charge >= 0.3 is 11.9 Å². The molecule has 0 heterocycles. The molecule has 0 atom stereocenters. The molecular formula is C10H20O4. The fourth-order valence-corrected chi connectivity index (χ4v) is 1.27. The van der Waals surface area contributed by atoms with E-state index in [-0.39, 0.29) is 5.92 Å². The second-order valence-corrected chi connectivity index (χ2v) is 2.73. The van der Waals surface area contributed by atoms with Crippen molar-refractivity contribution in [2.24, 2.45) is 11.8 Å². The summed E-state index contributed by atoms with van der Waals surface area (Å²) in [5.74, 6) is -3.99. The van der Waals surface area contributed by atoms with Gasteiger partial charge in [0.15, 0.2) is 5.92 Å². The van der Waals surface area contributed by atoms with Crippen molar-refractivity contribution in [3.63, 3.8) is 0 Å². The Balaban J connectivity index is 0. The SMILES string of the molecule is CC.CCC(CC)C(C(=O)O)C(=O)O. The number of aliphatic carboxylic acids is 2. The highest BCUT2D eigenvalue weighted by molar-refractivity contribution is 5.93. The van der Waals surface area contributed by atoms with Crippen LogP contribution in [0.3, 0.4) is 0 Å². The predicted molar refractivity (Wildman–Crippen MR) is 54.2 cm³/mol. The Kier molecular flexibility index (Phi) is 9.40. The number of hydrogen-bond donors (Lipinski definition) is 2. The Morgan fingerprint density at radius 2 is 1.29 bits per heavy atom. The Morgan fingerprint density at radius 1 is 1.00 bits per heavy atom. The molecule has 0 aliphatic rings. The number of carboxylic acid groups (broad SMARTS) is 2. The predicted octanol–water partition coefficient (Wildman–Crippen LogP) is 2.23. The molecule has 4 heteroatoms. The standard InChI is InChI=1S/C8H14O4.C2H6/c1-3-5(4-2)6(7(9)10)8(11)12;1-2/h5-6H,3-4H2,1-2H3,(H,9,10)(H,11,12);1-2H3. The topological polar surface area (TPSA) is 74.6 Å². The molecule has 14 heavy (non-hydrogen) atoms. The van der Waals surface area contributed by atoms with E-state index in [0.29, 0.717) is 12.8 Å². The fraction of sp³-hybridized carbons (Fsp3) is 0.800. The first-order valence-corrected chi connectivity index (χ1v) is 5.00. The van der Waals surface area contributed by atoms with Crippen LogP contribution in [0.2, 0.25) is 0 Å². The van der Waals surface area contributed by atoms with Crippen LogP contribution in [0.4, 0.5) is 0 Å². The summed E-state index contributed by atoms with van der Waals surface area (Å²) < 4.78 is 0. The van der Waals surface area contributed by atoms with Gasteiger partial charge < -0.3 is 10.2 Å². The molecule has 84 valence electrons. The fourth-order valence-electron chi connectivity index (χ4n) is 1.27. The van der Waals surface area contributed by atoms with Crippen LogP contribution in [0.15, 0.2) is 0 Å². The third-order valence-corrected chi connectivity index (χ3v) is 2.05. The van der Waals surface area contributed by atoms with E-state index in [4.69, 9.17) is 10.2 Å². The van der Waals surface area contributed by atoms with Gasteiger partial charge in [-0.1, -0.05) is 40.5 Å². The van der Waals surface area contributed by atoms with Crippen LogP contribution in [-0.4, -0.2) is 22.2 Å². The van der Waals surface area contributed by atoms with E-state index in [9.17, 15) is 9.59 Å². The molecule has 0 spiro atoms. The molecule has 4 nitrogen and oxygen atoms in total. The zero-order valence-corrected chi connectivity index (χ0v) is 9.28. The summed E-state index contributed by atoms with van der Waals surface area (Å²) >= 11 is 0. The lowest BCUT2D eigenvalue weighted by Crippen LogP contribution is -2.30. The van der Waals surface area contributed by atoms with Gasteiger partial charge in [0.1, 0.15) is 0 Å². The zero-order chi connectivity index (χ0) is 11.7. The maximum atomic E-state index is 10.5. The first-order valence-electron chi connectivity index (χ1n) is 5.00. The van der Waals surface area contributed by atoms with E-state index >= 15 is 0 Å². The molecule has 0 rings (SSSR count). The first kappa shape index (κ1) is 15.4. The van der Waals surface area contributed by atoms with Gasteiger partial charge in [0.05, 0.1) is 0 Å². The van der Waals surface area contributed by atoms with Gasteiger partial charge in [-0.15, -0.1) is 0 Å².